The predicted octanol–water partition coefficient (Wildman–Crippen LogP) is 4.46. The number of fused-ring (bicyclic) bond motifs is 1. The third kappa shape index (κ3) is 2.07. The Labute approximate surface area is 108 Å². The van der Waals surface area contributed by atoms with Crippen molar-refractivity contribution >= 4 is 32.6 Å². The molecule has 1 aromatic heterocycles. The highest BCUT2D eigenvalue weighted by atomic mass is 79.9. The van der Waals surface area contributed by atoms with Gasteiger partial charge in [0.15, 0.2) is 5.58 Å². The van der Waals surface area contributed by atoms with E-state index < -0.39 is 0 Å². The molecule has 0 atom stereocenters. The highest BCUT2D eigenvalue weighted by Gasteiger charge is 2.10. The number of alkyl halides is 1. The fourth-order valence-electron chi connectivity index (χ4n) is 1.95. The van der Waals surface area contributed by atoms with Crippen LogP contribution in [0.15, 0.2) is 40.8 Å². The van der Waals surface area contributed by atoms with Crippen LogP contribution in [0.4, 0.5) is 0 Å². The zero-order valence-corrected chi connectivity index (χ0v) is 10.9. The lowest BCUT2D eigenvalue weighted by Gasteiger charge is -2.00. The first-order chi connectivity index (χ1) is 8.36. The molecule has 0 bridgehead atoms. The van der Waals surface area contributed by atoms with Crippen LogP contribution in [0.1, 0.15) is 24.3 Å². The quantitative estimate of drug-likeness (QED) is 0.763. The van der Waals surface area contributed by atoms with E-state index >= 15 is 0 Å². The number of halogens is 1. The van der Waals surface area contributed by atoms with Crippen molar-refractivity contribution in [3.05, 3.63) is 47.9 Å². The molecule has 0 unspecified atom stereocenters. The zero-order valence-electron chi connectivity index (χ0n) is 9.32. The number of oxazole rings is 1. The minimum atomic E-state index is 0.725. The molecular weight excluding hydrogens is 278 g/mol. The van der Waals surface area contributed by atoms with Gasteiger partial charge in [0.05, 0.1) is 0 Å². The van der Waals surface area contributed by atoms with E-state index in [0.717, 1.165) is 40.7 Å². The Bertz CT molecular complexity index is 610. The van der Waals surface area contributed by atoms with Gasteiger partial charge < -0.3 is 4.42 Å². The second-order valence-corrected chi connectivity index (χ2v) is 4.65. The fourth-order valence-corrected chi connectivity index (χ4v) is 2.30. The van der Waals surface area contributed by atoms with Crippen molar-refractivity contribution in [2.45, 2.75) is 18.2 Å². The summed E-state index contributed by atoms with van der Waals surface area (Å²) in [5.74, 6) is 0.725. The molecule has 3 rings (SSSR count). The standard InChI is InChI=1S/C14H12BrNO/c15-9-10-6-7-13-12(8-10)16-14(17-13)11-4-2-1-3-5-11/h2,4-8H,1,3,9H2. The Hall–Kier alpha value is -1.35. The monoisotopic (exact) mass is 289 g/mol. The van der Waals surface area contributed by atoms with Gasteiger partial charge in [-0.25, -0.2) is 4.98 Å². The molecule has 86 valence electrons. The lowest BCUT2D eigenvalue weighted by atomic mass is 10.1. The van der Waals surface area contributed by atoms with Gasteiger partial charge in [0.2, 0.25) is 5.89 Å². The van der Waals surface area contributed by atoms with Crippen molar-refractivity contribution < 1.29 is 4.42 Å². The summed E-state index contributed by atoms with van der Waals surface area (Å²) < 4.78 is 5.76. The van der Waals surface area contributed by atoms with E-state index in [9.17, 15) is 0 Å². The number of allylic oxidation sites excluding steroid dienone is 4. The van der Waals surface area contributed by atoms with Gasteiger partial charge in [-0.1, -0.05) is 40.2 Å². The van der Waals surface area contributed by atoms with E-state index in [1.807, 2.05) is 6.07 Å². The number of hydrogen-bond acceptors (Lipinski definition) is 2. The van der Waals surface area contributed by atoms with Gasteiger partial charge in [0.1, 0.15) is 5.52 Å². The van der Waals surface area contributed by atoms with Crippen LogP contribution in [0.25, 0.3) is 16.7 Å². The van der Waals surface area contributed by atoms with Crippen LogP contribution in [-0.2, 0) is 5.33 Å². The van der Waals surface area contributed by atoms with Gasteiger partial charge in [-0.2, -0.15) is 0 Å². The van der Waals surface area contributed by atoms with Gasteiger partial charge in [-0.05, 0) is 30.5 Å². The van der Waals surface area contributed by atoms with Crippen LogP contribution in [-0.4, -0.2) is 4.98 Å². The van der Waals surface area contributed by atoms with E-state index in [-0.39, 0.29) is 0 Å². The van der Waals surface area contributed by atoms with Gasteiger partial charge in [-0.15, -0.1) is 0 Å². The van der Waals surface area contributed by atoms with Crippen molar-refractivity contribution in [2.75, 3.05) is 0 Å². The van der Waals surface area contributed by atoms with E-state index in [1.54, 1.807) is 0 Å². The van der Waals surface area contributed by atoms with Crippen LogP contribution in [0.3, 0.4) is 0 Å². The van der Waals surface area contributed by atoms with Crippen molar-refractivity contribution in [3.63, 3.8) is 0 Å². The first kappa shape index (κ1) is 10.8. The molecule has 0 N–H and O–H groups in total. The SMILES string of the molecule is BrCc1ccc2oc(C3=CCCC=C3)nc2c1. The second-order valence-electron chi connectivity index (χ2n) is 4.09. The summed E-state index contributed by atoms with van der Waals surface area (Å²) in [4.78, 5) is 4.54. The minimum absolute atomic E-state index is 0.725. The average Bonchev–Trinajstić information content (AvgIpc) is 2.82. The summed E-state index contributed by atoms with van der Waals surface area (Å²) in [5, 5.41) is 0.841. The first-order valence-electron chi connectivity index (χ1n) is 5.69. The normalized spacial score (nSPS) is 15.2. The Morgan fingerprint density at radius 3 is 3.00 bits per heavy atom. The molecule has 1 heterocycles. The van der Waals surface area contributed by atoms with Crippen LogP contribution in [0.5, 0.6) is 0 Å². The third-order valence-corrected chi connectivity index (χ3v) is 3.50. The Balaban J connectivity index is 2.07. The molecular formula is C14H12BrNO. The van der Waals surface area contributed by atoms with E-state index in [0.29, 0.717) is 0 Å². The van der Waals surface area contributed by atoms with Gasteiger partial charge in [0, 0.05) is 10.9 Å². The molecule has 0 aliphatic heterocycles. The smallest absolute Gasteiger partial charge is 0.226 e. The van der Waals surface area contributed by atoms with E-state index in [1.165, 1.54) is 5.56 Å². The molecule has 0 saturated heterocycles. The van der Waals surface area contributed by atoms with Crippen molar-refractivity contribution in [1.82, 2.24) is 4.98 Å². The second kappa shape index (κ2) is 4.49. The molecule has 17 heavy (non-hydrogen) atoms. The fraction of sp³-hybridized carbons (Fsp3) is 0.214. The van der Waals surface area contributed by atoms with Crippen LogP contribution < -0.4 is 0 Å². The predicted molar refractivity (Wildman–Crippen MR) is 73.0 cm³/mol. The molecule has 3 heteroatoms. The zero-order chi connectivity index (χ0) is 11.7. The number of benzene rings is 1. The molecule has 0 saturated carbocycles. The van der Waals surface area contributed by atoms with E-state index in [2.05, 4.69) is 51.3 Å². The molecule has 0 fully saturated rings. The average molecular weight is 290 g/mol. The van der Waals surface area contributed by atoms with Crippen molar-refractivity contribution in [1.29, 1.82) is 0 Å². The summed E-state index contributed by atoms with van der Waals surface area (Å²) in [5.41, 5.74) is 4.08. The van der Waals surface area contributed by atoms with Crippen molar-refractivity contribution in [2.24, 2.45) is 0 Å². The summed E-state index contributed by atoms with van der Waals surface area (Å²) in [6, 6.07) is 6.09. The summed E-state index contributed by atoms with van der Waals surface area (Å²) in [7, 11) is 0. The molecule has 2 aromatic rings. The maximum Gasteiger partial charge on any atom is 0.226 e. The third-order valence-electron chi connectivity index (χ3n) is 2.85. The van der Waals surface area contributed by atoms with Gasteiger partial charge in [0.25, 0.3) is 0 Å². The molecule has 1 aliphatic carbocycles. The molecule has 0 radical (unpaired) electrons. The first-order valence-corrected chi connectivity index (χ1v) is 6.81. The lowest BCUT2D eigenvalue weighted by Crippen LogP contribution is -1.85. The molecule has 0 amide bonds. The van der Waals surface area contributed by atoms with Crippen LogP contribution in [0.2, 0.25) is 0 Å². The molecule has 1 aromatic carbocycles. The topological polar surface area (TPSA) is 26.0 Å². The summed E-state index contributed by atoms with van der Waals surface area (Å²) in [6.45, 7) is 0. The van der Waals surface area contributed by atoms with Crippen LogP contribution in [0, 0.1) is 0 Å². The highest BCUT2D eigenvalue weighted by molar-refractivity contribution is 9.08. The van der Waals surface area contributed by atoms with E-state index in [4.69, 9.17) is 4.42 Å². The summed E-state index contributed by atoms with van der Waals surface area (Å²) in [6.07, 6.45) is 8.60. The van der Waals surface area contributed by atoms with Crippen LogP contribution >= 0.6 is 15.9 Å². The highest BCUT2D eigenvalue weighted by Crippen LogP contribution is 2.25. The molecule has 1 aliphatic rings. The summed E-state index contributed by atoms with van der Waals surface area (Å²) >= 11 is 3.45. The maximum absolute atomic E-state index is 5.76. The Kier molecular flexibility index (Phi) is 2.85. The Morgan fingerprint density at radius 2 is 2.24 bits per heavy atom. The van der Waals surface area contributed by atoms with Crippen molar-refractivity contribution in [3.8, 4) is 0 Å². The maximum atomic E-state index is 5.76. The Morgan fingerprint density at radius 1 is 1.29 bits per heavy atom. The van der Waals surface area contributed by atoms with Gasteiger partial charge in [-0.3, -0.25) is 0 Å². The number of nitrogens with zero attached hydrogens (tertiary/aromatic N) is 1. The number of hydrogen-bond donors (Lipinski definition) is 0. The largest absolute Gasteiger partial charge is 0.436 e. The lowest BCUT2D eigenvalue weighted by molar-refractivity contribution is 0.585. The number of aromatic nitrogens is 1. The van der Waals surface area contributed by atoms with Gasteiger partial charge >= 0.3 is 0 Å². The number of rotatable bonds is 2. The molecule has 2 nitrogen and oxygen atoms in total. The minimum Gasteiger partial charge on any atom is -0.436 e. The molecule has 0 spiro atoms.